The van der Waals surface area contributed by atoms with E-state index >= 15 is 0 Å². The molecule has 6 nitrogen and oxygen atoms in total. The fourth-order valence-corrected chi connectivity index (χ4v) is 3.71. The predicted octanol–water partition coefficient (Wildman–Crippen LogP) is 3.75. The number of aliphatic imine (C=N–C) groups is 1. The fourth-order valence-electron chi connectivity index (χ4n) is 3.71. The molecular formula is C24H35IN4O2. The summed E-state index contributed by atoms with van der Waals surface area (Å²) in [6.07, 6.45) is 0. The Labute approximate surface area is 203 Å². The Hall–Kier alpha value is -1.84. The number of morpholine rings is 1. The monoisotopic (exact) mass is 538 g/mol. The molecular weight excluding hydrogens is 503 g/mol. The van der Waals surface area contributed by atoms with Crippen molar-refractivity contribution in [2.45, 2.75) is 26.4 Å². The van der Waals surface area contributed by atoms with Crippen LogP contribution >= 0.6 is 24.0 Å². The van der Waals surface area contributed by atoms with Crippen LogP contribution in [0.25, 0.3) is 0 Å². The van der Waals surface area contributed by atoms with Gasteiger partial charge in [0.25, 0.3) is 0 Å². The van der Waals surface area contributed by atoms with E-state index in [0.29, 0.717) is 13.2 Å². The van der Waals surface area contributed by atoms with Crippen LogP contribution in [0.2, 0.25) is 0 Å². The van der Waals surface area contributed by atoms with Gasteiger partial charge in [0.15, 0.2) is 5.96 Å². The minimum Gasteiger partial charge on any atom is -0.494 e. The average Bonchev–Trinajstić information content (AvgIpc) is 2.79. The van der Waals surface area contributed by atoms with Gasteiger partial charge in [-0.05, 0) is 31.0 Å². The number of hydrogen-bond acceptors (Lipinski definition) is 4. The van der Waals surface area contributed by atoms with Crippen LogP contribution in [0.4, 0.5) is 0 Å². The zero-order valence-electron chi connectivity index (χ0n) is 18.8. The second-order valence-corrected chi connectivity index (χ2v) is 7.43. The van der Waals surface area contributed by atoms with Gasteiger partial charge in [-0.25, -0.2) is 0 Å². The van der Waals surface area contributed by atoms with Gasteiger partial charge in [0.1, 0.15) is 5.75 Å². The van der Waals surface area contributed by atoms with Crippen molar-refractivity contribution >= 4 is 29.9 Å². The van der Waals surface area contributed by atoms with E-state index in [-0.39, 0.29) is 30.0 Å². The average molecular weight is 538 g/mol. The molecule has 1 unspecified atom stereocenters. The van der Waals surface area contributed by atoms with E-state index < -0.39 is 0 Å². The molecule has 0 amide bonds. The molecule has 0 saturated carbocycles. The number of guanidine groups is 1. The summed E-state index contributed by atoms with van der Waals surface area (Å²) in [5.41, 5.74) is 3.62. The molecule has 31 heavy (non-hydrogen) atoms. The van der Waals surface area contributed by atoms with Gasteiger partial charge in [-0.15, -0.1) is 24.0 Å². The first-order valence-corrected chi connectivity index (χ1v) is 10.7. The first-order valence-electron chi connectivity index (χ1n) is 10.7. The smallest absolute Gasteiger partial charge is 0.191 e. The summed E-state index contributed by atoms with van der Waals surface area (Å²) >= 11 is 0. The molecule has 2 N–H and O–H groups in total. The van der Waals surface area contributed by atoms with Gasteiger partial charge in [-0.2, -0.15) is 0 Å². The highest BCUT2D eigenvalue weighted by molar-refractivity contribution is 14.0. The van der Waals surface area contributed by atoms with Crippen molar-refractivity contribution in [2.24, 2.45) is 4.99 Å². The Morgan fingerprint density at radius 2 is 1.87 bits per heavy atom. The van der Waals surface area contributed by atoms with E-state index in [9.17, 15) is 0 Å². The first-order chi connectivity index (χ1) is 14.7. The molecule has 1 saturated heterocycles. The van der Waals surface area contributed by atoms with Gasteiger partial charge >= 0.3 is 0 Å². The van der Waals surface area contributed by atoms with Gasteiger partial charge < -0.3 is 20.1 Å². The summed E-state index contributed by atoms with van der Waals surface area (Å²) in [7, 11) is 1.81. The lowest BCUT2D eigenvalue weighted by Gasteiger charge is -2.35. The maximum Gasteiger partial charge on any atom is 0.191 e. The Morgan fingerprint density at radius 1 is 1.13 bits per heavy atom. The van der Waals surface area contributed by atoms with Crippen molar-refractivity contribution in [2.75, 3.05) is 46.5 Å². The van der Waals surface area contributed by atoms with E-state index in [2.05, 4.69) is 76.0 Å². The molecule has 1 aliphatic rings. The van der Waals surface area contributed by atoms with Gasteiger partial charge in [-0.1, -0.05) is 42.5 Å². The number of benzene rings is 2. The lowest BCUT2D eigenvalue weighted by molar-refractivity contribution is 0.0170. The third-order valence-corrected chi connectivity index (χ3v) is 5.33. The molecule has 1 aliphatic heterocycles. The summed E-state index contributed by atoms with van der Waals surface area (Å²) in [5.74, 6) is 1.71. The van der Waals surface area contributed by atoms with E-state index in [0.717, 1.165) is 50.1 Å². The van der Waals surface area contributed by atoms with E-state index in [4.69, 9.17) is 9.47 Å². The van der Waals surface area contributed by atoms with Gasteiger partial charge in [0, 0.05) is 38.8 Å². The van der Waals surface area contributed by atoms with Crippen LogP contribution in [0, 0.1) is 6.92 Å². The fraction of sp³-hybridized carbons (Fsp3) is 0.458. The highest BCUT2D eigenvalue weighted by Gasteiger charge is 2.22. The lowest BCUT2D eigenvalue weighted by atomic mass is 10.0. The lowest BCUT2D eigenvalue weighted by Crippen LogP contribution is -2.46. The molecule has 0 radical (unpaired) electrons. The van der Waals surface area contributed by atoms with E-state index in [1.165, 1.54) is 11.1 Å². The van der Waals surface area contributed by atoms with Gasteiger partial charge in [0.2, 0.25) is 0 Å². The third kappa shape index (κ3) is 7.66. The van der Waals surface area contributed by atoms with Crippen LogP contribution in [-0.2, 0) is 11.3 Å². The summed E-state index contributed by atoms with van der Waals surface area (Å²) in [5, 5.41) is 6.94. The number of nitrogens with zero attached hydrogens (tertiary/aromatic N) is 2. The number of hydrogen-bond donors (Lipinski definition) is 2. The Morgan fingerprint density at radius 3 is 2.55 bits per heavy atom. The Kier molecular flexibility index (Phi) is 11.1. The topological polar surface area (TPSA) is 58.1 Å². The van der Waals surface area contributed by atoms with Crippen molar-refractivity contribution in [3.8, 4) is 5.75 Å². The van der Waals surface area contributed by atoms with Crippen molar-refractivity contribution in [3.05, 3.63) is 65.2 Å². The minimum absolute atomic E-state index is 0. The second kappa shape index (κ2) is 13.5. The number of aryl methyl sites for hydroxylation is 1. The normalized spacial score (nSPS) is 15.6. The van der Waals surface area contributed by atoms with Gasteiger partial charge in [0.05, 0.1) is 25.9 Å². The molecule has 0 aromatic heterocycles. The number of rotatable bonds is 8. The van der Waals surface area contributed by atoms with Crippen molar-refractivity contribution in [3.63, 3.8) is 0 Å². The molecule has 1 atom stereocenters. The standard InChI is InChI=1S/C24H34N4O2.HI/c1-4-30-23-16-19(2)10-11-21(23)17-26-24(25-3)27-18-22(20-8-6-5-7-9-20)28-12-14-29-15-13-28;/h5-11,16,22H,4,12-15,17-18H2,1-3H3,(H2,25,26,27);1H. The highest BCUT2D eigenvalue weighted by Crippen LogP contribution is 2.22. The molecule has 0 bridgehead atoms. The zero-order valence-corrected chi connectivity index (χ0v) is 21.1. The van der Waals surface area contributed by atoms with Crippen LogP contribution in [0.3, 0.4) is 0 Å². The molecule has 7 heteroatoms. The van der Waals surface area contributed by atoms with Crippen LogP contribution in [0.5, 0.6) is 5.75 Å². The molecule has 2 aromatic rings. The van der Waals surface area contributed by atoms with E-state index in [1.54, 1.807) is 7.05 Å². The second-order valence-electron chi connectivity index (χ2n) is 7.43. The number of halogens is 1. The summed E-state index contributed by atoms with van der Waals surface area (Å²) in [6, 6.07) is 17.2. The maximum absolute atomic E-state index is 5.80. The molecule has 170 valence electrons. The number of ether oxygens (including phenoxy) is 2. The molecule has 3 rings (SSSR count). The number of nitrogens with one attached hydrogen (secondary N) is 2. The Balaban J connectivity index is 0.00000341. The highest BCUT2D eigenvalue weighted by atomic mass is 127. The van der Waals surface area contributed by atoms with Crippen LogP contribution in [-0.4, -0.2) is 57.4 Å². The summed E-state index contributed by atoms with van der Waals surface area (Å²) in [6.45, 7) is 9.61. The predicted molar refractivity (Wildman–Crippen MR) is 138 cm³/mol. The zero-order chi connectivity index (χ0) is 21.2. The van der Waals surface area contributed by atoms with E-state index in [1.807, 2.05) is 6.92 Å². The van der Waals surface area contributed by atoms with Crippen molar-refractivity contribution in [1.82, 2.24) is 15.5 Å². The largest absolute Gasteiger partial charge is 0.494 e. The van der Waals surface area contributed by atoms with Crippen molar-refractivity contribution in [1.29, 1.82) is 0 Å². The molecule has 0 aliphatic carbocycles. The van der Waals surface area contributed by atoms with Crippen molar-refractivity contribution < 1.29 is 9.47 Å². The van der Waals surface area contributed by atoms with Crippen LogP contribution in [0.1, 0.15) is 29.7 Å². The molecule has 2 aromatic carbocycles. The van der Waals surface area contributed by atoms with Gasteiger partial charge in [-0.3, -0.25) is 9.89 Å². The quantitative estimate of drug-likeness (QED) is 0.305. The summed E-state index contributed by atoms with van der Waals surface area (Å²) < 4.78 is 11.3. The minimum atomic E-state index is 0. The first kappa shape index (κ1) is 25.4. The third-order valence-electron chi connectivity index (χ3n) is 5.33. The van der Waals surface area contributed by atoms with Crippen LogP contribution < -0.4 is 15.4 Å². The maximum atomic E-state index is 5.80. The van der Waals surface area contributed by atoms with Crippen LogP contribution in [0.15, 0.2) is 53.5 Å². The SMILES string of the molecule is CCOc1cc(C)ccc1CNC(=NC)NCC(c1ccccc1)N1CCOCC1.I. The molecule has 1 heterocycles. The molecule has 1 fully saturated rings. The summed E-state index contributed by atoms with van der Waals surface area (Å²) in [4.78, 5) is 6.90. The Bertz CT molecular complexity index is 810. The molecule has 0 spiro atoms.